The molecule has 0 spiro atoms. The van der Waals surface area contributed by atoms with Crippen LogP contribution in [0.2, 0.25) is 0 Å². The van der Waals surface area contributed by atoms with E-state index in [1.54, 1.807) is 11.6 Å². The molecule has 0 aliphatic carbocycles. The van der Waals surface area contributed by atoms with Crippen LogP contribution < -0.4 is 5.32 Å². The van der Waals surface area contributed by atoms with Crippen molar-refractivity contribution in [3.63, 3.8) is 0 Å². The van der Waals surface area contributed by atoms with E-state index in [1.807, 2.05) is 45.0 Å². The predicted molar refractivity (Wildman–Crippen MR) is 95.7 cm³/mol. The second kappa shape index (κ2) is 7.96. The molecule has 0 fully saturated rings. The highest BCUT2D eigenvalue weighted by atomic mass is 16.4. The van der Waals surface area contributed by atoms with Crippen LogP contribution in [0.4, 0.5) is 0 Å². The number of carbonyl (C=O) groups is 2. The number of benzene rings is 1. The third kappa shape index (κ3) is 4.47. The SMILES string of the molecule is CCn1nc(C)c(C(=O)NCC(Cc2cccc(C)c2)C(=O)O)c1C. The average molecular weight is 343 g/mol. The van der Waals surface area contributed by atoms with Gasteiger partial charge in [0.15, 0.2) is 0 Å². The number of aromatic nitrogens is 2. The fraction of sp³-hybridized carbons (Fsp3) is 0.421. The van der Waals surface area contributed by atoms with Gasteiger partial charge in [-0.15, -0.1) is 0 Å². The van der Waals surface area contributed by atoms with E-state index in [0.29, 0.717) is 24.2 Å². The van der Waals surface area contributed by atoms with Crippen molar-refractivity contribution in [2.24, 2.45) is 5.92 Å². The lowest BCUT2D eigenvalue weighted by molar-refractivity contribution is -0.141. The van der Waals surface area contributed by atoms with Crippen molar-refractivity contribution in [3.8, 4) is 0 Å². The van der Waals surface area contributed by atoms with Crippen molar-refractivity contribution in [2.75, 3.05) is 6.54 Å². The summed E-state index contributed by atoms with van der Waals surface area (Å²) in [6, 6.07) is 7.76. The molecule has 2 aromatic rings. The standard InChI is InChI=1S/C19H25N3O3/c1-5-22-14(4)17(13(3)21-22)18(23)20-11-16(19(24)25)10-15-8-6-7-12(2)9-15/h6-9,16H,5,10-11H2,1-4H3,(H,20,23)(H,24,25). The fourth-order valence-corrected chi connectivity index (χ4v) is 3.01. The highest BCUT2D eigenvalue weighted by molar-refractivity contribution is 5.96. The Morgan fingerprint density at radius 3 is 2.56 bits per heavy atom. The van der Waals surface area contributed by atoms with Crippen molar-refractivity contribution in [3.05, 3.63) is 52.3 Å². The maximum atomic E-state index is 12.5. The van der Waals surface area contributed by atoms with Crippen LogP contribution in [0.5, 0.6) is 0 Å². The van der Waals surface area contributed by atoms with Crippen LogP contribution in [-0.4, -0.2) is 33.3 Å². The Morgan fingerprint density at radius 1 is 1.28 bits per heavy atom. The molecule has 2 rings (SSSR count). The van der Waals surface area contributed by atoms with Gasteiger partial charge in [-0.1, -0.05) is 29.8 Å². The van der Waals surface area contributed by atoms with Crippen molar-refractivity contribution >= 4 is 11.9 Å². The van der Waals surface area contributed by atoms with E-state index < -0.39 is 11.9 Å². The summed E-state index contributed by atoms with van der Waals surface area (Å²) in [5.74, 6) is -1.86. The Morgan fingerprint density at radius 2 is 2.00 bits per heavy atom. The first-order valence-corrected chi connectivity index (χ1v) is 8.44. The summed E-state index contributed by atoms with van der Waals surface area (Å²) in [5, 5.41) is 16.6. The van der Waals surface area contributed by atoms with Crippen molar-refractivity contribution in [2.45, 2.75) is 40.7 Å². The zero-order valence-corrected chi connectivity index (χ0v) is 15.2. The van der Waals surface area contributed by atoms with E-state index in [1.165, 1.54) is 0 Å². The number of amides is 1. The fourth-order valence-electron chi connectivity index (χ4n) is 3.01. The molecular weight excluding hydrogens is 318 g/mol. The highest BCUT2D eigenvalue weighted by Crippen LogP contribution is 2.14. The van der Waals surface area contributed by atoms with Gasteiger partial charge in [0.1, 0.15) is 0 Å². The Bertz CT molecular complexity index is 780. The van der Waals surface area contributed by atoms with Crippen LogP contribution in [0, 0.1) is 26.7 Å². The van der Waals surface area contributed by atoms with Crippen LogP contribution >= 0.6 is 0 Å². The molecule has 6 nitrogen and oxygen atoms in total. The Labute approximate surface area is 147 Å². The maximum absolute atomic E-state index is 12.5. The zero-order chi connectivity index (χ0) is 18.6. The molecule has 1 heterocycles. The first kappa shape index (κ1) is 18.7. The van der Waals surface area contributed by atoms with Gasteiger partial charge in [0.05, 0.1) is 17.2 Å². The minimum atomic E-state index is -0.917. The highest BCUT2D eigenvalue weighted by Gasteiger charge is 2.22. The largest absolute Gasteiger partial charge is 0.481 e. The number of rotatable bonds is 7. The summed E-state index contributed by atoms with van der Waals surface area (Å²) in [7, 11) is 0. The predicted octanol–water partition coefficient (Wildman–Crippen LogP) is 2.50. The molecule has 0 aliphatic heterocycles. The first-order valence-electron chi connectivity index (χ1n) is 8.44. The Hall–Kier alpha value is -2.63. The van der Waals surface area contributed by atoms with E-state index in [9.17, 15) is 14.7 Å². The minimum absolute atomic E-state index is 0.0816. The van der Waals surface area contributed by atoms with Gasteiger partial charge in [0.25, 0.3) is 5.91 Å². The minimum Gasteiger partial charge on any atom is -0.481 e. The van der Waals surface area contributed by atoms with Crippen molar-refractivity contribution in [1.82, 2.24) is 15.1 Å². The molecule has 1 aromatic heterocycles. The lowest BCUT2D eigenvalue weighted by Gasteiger charge is -2.14. The van der Waals surface area contributed by atoms with Gasteiger partial charge in [-0.25, -0.2) is 0 Å². The third-order valence-corrected chi connectivity index (χ3v) is 4.33. The summed E-state index contributed by atoms with van der Waals surface area (Å²) < 4.78 is 1.77. The Kier molecular flexibility index (Phi) is 5.96. The van der Waals surface area contributed by atoms with Crippen molar-refractivity contribution in [1.29, 1.82) is 0 Å². The smallest absolute Gasteiger partial charge is 0.308 e. The molecule has 1 aromatic carbocycles. The van der Waals surface area contributed by atoms with Crippen LogP contribution in [-0.2, 0) is 17.8 Å². The summed E-state index contributed by atoms with van der Waals surface area (Å²) in [5.41, 5.74) is 4.02. The number of carboxylic acid groups (broad SMARTS) is 1. The number of nitrogens with zero attached hydrogens (tertiary/aromatic N) is 2. The molecule has 134 valence electrons. The summed E-state index contributed by atoms with van der Waals surface area (Å²) in [6.45, 7) is 8.33. The molecule has 0 saturated heterocycles. The molecular formula is C19H25N3O3. The van der Waals surface area contributed by atoms with Crippen LogP contribution in [0.15, 0.2) is 24.3 Å². The summed E-state index contributed by atoms with van der Waals surface area (Å²) >= 11 is 0. The van der Waals surface area contributed by atoms with E-state index in [4.69, 9.17) is 0 Å². The van der Waals surface area contributed by atoms with Gasteiger partial charge in [0, 0.05) is 18.8 Å². The van der Waals surface area contributed by atoms with Gasteiger partial charge < -0.3 is 10.4 Å². The van der Waals surface area contributed by atoms with Gasteiger partial charge in [-0.05, 0) is 39.7 Å². The van der Waals surface area contributed by atoms with Crippen LogP contribution in [0.3, 0.4) is 0 Å². The second-order valence-corrected chi connectivity index (χ2v) is 6.30. The van der Waals surface area contributed by atoms with Crippen molar-refractivity contribution < 1.29 is 14.7 Å². The molecule has 0 radical (unpaired) electrons. The average Bonchev–Trinajstić information content (AvgIpc) is 2.85. The normalized spacial score (nSPS) is 12.0. The topological polar surface area (TPSA) is 84.2 Å². The molecule has 1 unspecified atom stereocenters. The summed E-state index contributed by atoms with van der Waals surface area (Å²) in [6.07, 6.45) is 0.378. The molecule has 0 saturated carbocycles. The number of carbonyl (C=O) groups excluding carboxylic acids is 1. The van der Waals surface area contributed by atoms with Gasteiger partial charge in [-0.2, -0.15) is 5.10 Å². The molecule has 1 amide bonds. The lowest BCUT2D eigenvalue weighted by atomic mass is 9.98. The second-order valence-electron chi connectivity index (χ2n) is 6.30. The number of aliphatic carboxylic acids is 1. The molecule has 0 aliphatic rings. The zero-order valence-electron chi connectivity index (χ0n) is 15.2. The monoisotopic (exact) mass is 343 g/mol. The Balaban J connectivity index is 2.07. The maximum Gasteiger partial charge on any atom is 0.308 e. The number of carboxylic acids is 1. The van der Waals surface area contributed by atoms with Crippen LogP contribution in [0.25, 0.3) is 0 Å². The molecule has 2 N–H and O–H groups in total. The van der Waals surface area contributed by atoms with Gasteiger partial charge in [0.2, 0.25) is 0 Å². The molecule has 6 heteroatoms. The molecule has 0 bridgehead atoms. The quantitative estimate of drug-likeness (QED) is 0.809. The number of hydrogen-bond donors (Lipinski definition) is 2. The number of aryl methyl sites for hydroxylation is 3. The lowest BCUT2D eigenvalue weighted by Crippen LogP contribution is -2.34. The number of hydrogen-bond acceptors (Lipinski definition) is 3. The van der Waals surface area contributed by atoms with E-state index in [-0.39, 0.29) is 12.5 Å². The van der Waals surface area contributed by atoms with Gasteiger partial charge in [-0.3, -0.25) is 14.3 Å². The van der Waals surface area contributed by atoms with E-state index >= 15 is 0 Å². The van der Waals surface area contributed by atoms with Crippen LogP contribution in [0.1, 0.15) is 39.8 Å². The third-order valence-electron chi connectivity index (χ3n) is 4.33. The number of nitrogens with one attached hydrogen (secondary N) is 1. The molecule has 25 heavy (non-hydrogen) atoms. The van der Waals surface area contributed by atoms with Gasteiger partial charge >= 0.3 is 5.97 Å². The van der Waals surface area contributed by atoms with E-state index in [2.05, 4.69) is 10.4 Å². The summed E-state index contributed by atoms with van der Waals surface area (Å²) in [4.78, 5) is 24.0. The van der Waals surface area contributed by atoms with E-state index in [0.717, 1.165) is 16.8 Å². The molecule has 1 atom stereocenters. The first-order chi connectivity index (χ1) is 11.8.